The minimum atomic E-state index is 1.05. The van der Waals surface area contributed by atoms with Crippen molar-refractivity contribution in [1.82, 2.24) is 5.32 Å². The van der Waals surface area contributed by atoms with E-state index in [9.17, 15) is 0 Å². The topological polar surface area (TPSA) is 12.0 Å². The maximum absolute atomic E-state index is 3.51. The third-order valence-corrected chi connectivity index (χ3v) is 3.68. The van der Waals surface area contributed by atoms with Crippen LogP contribution in [0.3, 0.4) is 0 Å². The van der Waals surface area contributed by atoms with Gasteiger partial charge in [0.25, 0.3) is 0 Å². The van der Waals surface area contributed by atoms with Crippen LogP contribution in [0.25, 0.3) is 0 Å². The second-order valence-corrected chi connectivity index (χ2v) is 5.30. The smallest absolute Gasteiger partial charge is 0.0704 e. The molecule has 0 aromatic carbocycles. The fourth-order valence-electron chi connectivity index (χ4n) is 1.39. The van der Waals surface area contributed by atoms with Crippen LogP contribution in [0.5, 0.6) is 0 Å². The molecule has 2 heterocycles. The number of hydrogen-bond donors (Lipinski definition) is 1. The molecule has 11 heavy (non-hydrogen) atoms. The Hall–Kier alpha value is 0.140. The molecule has 1 aromatic heterocycles. The highest BCUT2D eigenvalue weighted by molar-refractivity contribution is 9.11. The van der Waals surface area contributed by atoms with Gasteiger partial charge in [-0.25, -0.2) is 0 Å². The third-order valence-electron chi connectivity index (χ3n) is 1.94. The maximum Gasteiger partial charge on any atom is 0.0704 e. The summed E-state index contributed by atoms with van der Waals surface area (Å²) in [7, 11) is 0. The van der Waals surface area contributed by atoms with Gasteiger partial charge in [0, 0.05) is 11.4 Å². The SMILES string of the molecule is Brc1cc2c(s1)CCCNC2. The molecule has 0 atom stereocenters. The first-order valence-corrected chi connectivity index (χ1v) is 5.45. The fraction of sp³-hybridized carbons (Fsp3) is 0.500. The number of thiophene rings is 1. The summed E-state index contributed by atoms with van der Waals surface area (Å²) in [6.07, 6.45) is 2.53. The molecular weight excluding hydrogens is 222 g/mol. The largest absolute Gasteiger partial charge is 0.313 e. The lowest BCUT2D eigenvalue weighted by Crippen LogP contribution is -2.11. The molecule has 1 N–H and O–H groups in total. The predicted molar refractivity (Wildman–Crippen MR) is 52.0 cm³/mol. The molecule has 0 saturated heterocycles. The predicted octanol–water partition coefficient (Wildman–Crippen LogP) is 2.55. The van der Waals surface area contributed by atoms with Crippen LogP contribution in [0.15, 0.2) is 9.85 Å². The molecule has 0 radical (unpaired) electrons. The van der Waals surface area contributed by atoms with Crippen LogP contribution < -0.4 is 5.32 Å². The average molecular weight is 232 g/mol. The lowest BCUT2D eigenvalue weighted by molar-refractivity contribution is 0.681. The van der Waals surface area contributed by atoms with Gasteiger partial charge >= 0.3 is 0 Å². The summed E-state index contributed by atoms with van der Waals surface area (Å²) in [4.78, 5) is 1.56. The highest BCUT2D eigenvalue weighted by Gasteiger charge is 2.09. The number of halogens is 1. The van der Waals surface area contributed by atoms with E-state index >= 15 is 0 Å². The summed E-state index contributed by atoms with van der Waals surface area (Å²) in [5, 5.41) is 3.40. The lowest BCUT2D eigenvalue weighted by Gasteiger charge is -1.95. The summed E-state index contributed by atoms with van der Waals surface area (Å²) in [5.41, 5.74) is 1.49. The van der Waals surface area contributed by atoms with Crippen molar-refractivity contribution in [2.45, 2.75) is 19.4 Å². The summed E-state index contributed by atoms with van der Waals surface area (Å²) in [6.45, 7) is 2.22. The van der Waals surface area contributed by atoms with Crippen molar-refractivity contribution in [3.63, 3.8) is 0 Å². The summed E-state index contributed by atoms with van der Waals surface area (Å²) >= 11 is 5.39. The lowest BCUT2D eigenvalue weighted by atomic mass is 10.2. The van der Waals surface area contributed by atoms with Gasteiger partial charge in [-0.1, -0.05) is 0 Å². The zero-order valence-electron chi connectivity index (χ0n) is 6.19. The number of rotatable bonds is 0. The monoisotopic (exact) mass is 231 g/mol. The molecule has 1 nitrogen and oxygen atoms in total. The standard InChI is InChI=1S/C8H10BrNS/c9-8-4-6-5-10-3-1-2-7(6)11-8/h4,10H,1-3,5H2. The Kier molecular flexibility index (Phi) is 2.30. The van der Waals surface area contributed by atoms with E-state index in [1.165, 1.54) is 28.7 Å². The summed E-state index contributed by atoms with van der Waals surface area (Å²) < 4.78 is 1.27. The molecule has 60 valence electrons. The second-order valence-electron chi connectivity index (χ2n) is 2.78. The second kappa shape index (κ2) is 3.25. The molecule has 0 aliphatic carbocycles. The number of fused-ring (bicyclic) bond motifs is 1. The first-order chi connectivity index (χ1) is 5.36. The number of nitrogens with one attached hydrogen (secondary N) is 1. The van der Waals surface area contributed by atoms with Crippen molar-refractivity contribution in [3.8, 4) is 0 Å². The zero-order chi connectivity index (χ0) is 7.68. The van der Waals surface area contributed by atoms with Gasteiger partial charge in [0.05, 0.1) is 3.79 Å². The number of aryl methyl sites for hydroxylation is 1. The Labute approximate surface area is 78.9 Å². The van der Waals surface area contributed by atoms with Crippen LogP contribution in [0, 0.1) is 0 Å². The molecule has 0 spiro atoms. The van der Waals surface area contributed by atoms with Crippen molar-refractivity contribution in [2.24, 2.45) is 0 Å². The van der Waals surface area contributed by atoms with Crippen LogP contribution in [-0.4, -0.2) is 6.54 Å². The fourth-order valence-corrected chi connectivity index (χ4v) is 3.20. The summed E-state index contributed by atoms with van der Waals surface area (Å²) in [5.74, 6) is 0. The van der Waals surface area contributed by atoms with Crippen molar-refractivity contribution in [2.75, 3.05) is 6.54 Å². The van der Waals surface area contributed by atoms with Crippen molar-refractivity contribution in [3.05, 3.63) is 20.3 Å². The van der Waals surface area contributed by atoms with Crippen molar-refractivity contribution in [1.29, 1.82) is 0 Å². The Morgan fingerprint density at radius 2 is 2.45 bits per heavy atom. The normalized spacial score (nSPS) is 17.5. The van der Waals surface area contributed by atoms with E-state index in [2.05, 4.69) is 27.3 Å². The van der Waals surface area contributed by atoms with Crippen molar-refractivity contribution < 1.29 is 0 Å². The molecule has 0 saturated carbocycles. The van der Waals surface area contributed by atoms with Gasteiger partial charge in [-0.3, -0.25) is 0 Å². The van der Waals surface area contributed by atoms with E-state index in [0.29, 0.717) is 0 Å². The number of hydrogen-bond acceptors (Lipinski definition) is 2. The molecule has 0 amide bonds. The minimum absolute atomic E-state index is 1.05. The van der Waals surface area contributed by atoms with Crippen LogP contribution in [0.4, 0.5) is 0 Å². The quantitative estimate of drug-likeness (QED) is 0.724. The average Bonchev–Trinajstić information content (AvgIpc) is 2.17. The Morgan fingerprint density at radius 1 is 1.55 bits per heavy atom. The third kappa shape index (κ3) is 1.66. The van der Waals surface area contributed by atoms with Gasteiger partial charge in [0.15, 0.2) is 0 Å². The molecule has 1 aliphatic rings. The van der Waals surface area contributed by atoms with Gasteiger partial charge < -0.3 is 5.32 Å². The van der Waals surface area contributed by atoms with E-state index < -0.39 is 0 Å². The van der Waals surface area contributed by atoms with Crippen LogP contribution in [-0.2, 0) is 13.0 Å². The molecule has 3 heteroatoms. The molecular formula is C8H10BrNS. The molecule has 0 bridgehead atoms. The van der Waals surface area contributed by atoms with Gasteiger partial charge in [-0.15, -0.1) is 11.3 Å². The first-order valence-electron chi connectivity index (χ1n) is 3.84. The van der Waals surface area contributed by atoms with E-state index in [1.807, 2.05) is 11.3 Å². The van der Waals surface area contributed by atoms with Gasteiger partial charge in [0.1, 0.15) is 0 Å². The van der Waals surface area contributed by atoms with Crippen LogP contribution >= 0.6 is 27.3 Å². The van der Waals surface area contributed by atoms with E-state index in [0.717, 1.165) is 6.54 Å². The molecule has 0 unspecified atom stereocenters. The van der Waals surface area contributed by atoms with Gasteiger partial charge in [0.2, 0.25) is 0 Å². The first kappa shape index (κ1) is 7.77. The molecule has 1 aliphatic heterocycles. The van der Waals surface area contributed by atoms with Crippen LogP contribution in [0.1, 0.15) is 16.9 Å². The maximum atomic E-state index is 3.51. The Balaban J connectivity index is 2.32. The van der Waals surface area contributed by atoms with E-state index in [4.69, 9.17) is 0 Å². The van der Waals surface area contributed by atoms with Gasteiger partial charge in [-0.05, 0) is 46.9 Å². The van der Waals surface area contributed by atoms with Crippen molar-refractivity contribution >= 4 is 27.3 Å². The van der Waals surface area contributed by atoms with E-state index in [-0.39, 0.29) is 0 Å². The Bertz CT molecular complexity index is 233. The zero-order valence-corrected chi connectivity index (χ0v) is 8.59. The van der Waals surface area contributed by atoms with Crippen LogP contribution in [0.2, 0.25) is 0 Å². The highest BCUT2D eigenvalue weighted by Crippen LogP contribution is 2.29. The van der Waals surface area contributed by atoms with Gasteiger partial charge in [-0.2, -0.15) is 0 Å². The molecule has 0 fully saturated rings. The van der Waals surface area contributed by atoms with E-state index in [1.54, 1.807) is 4.88 Å². The summed E-state index contributed by atoms with van der Waals surface area (Å²) in [6, 6.07) is 2.23. The Morgan fingerprint density at radius 3 is 3.36 bits per heavy atom. The molecule has 1 aromatic rings. The molecule has 2 rings (SSSR count). The highest BCUT2D eigenvalue weighted by atomic mass is 79.9. The minimum Gasteiger partial charge on any atom is -0.313 e.